The number of halogens is 1. The van der Waals surface area contributed by atoms with Crippen molar-refractivity contribution in [3.63, 3.8) is 0 Å². The van der Waals surface area contributed by atoms with Crippen molar-refractivity contribution in [2.75, 3.05) is 13.2 Å². The van der Waals surface area contributed by atoms with Crippen molar-refractivity contribution in [2.45, 2.75) is 13.0 Å². The van der Waals surface area contributed by atoms with Crippen LogP contribution in [0.25, 0.3) is 11.0 Å². The molecule has 22 heavy (non-hydrogen) atoms. The van der Waals surface area contributed by atoms with Crippen LogP contribution in [0, 0.1) is 5.82 Å². The van der Waals surface area contributed by atoms with Crippen molar-refractivity contribution < 1.29 is 13.9 Å². The molecule has 0 aliphatic heterocycles. The van der Waals surface area contributed by atoms with Gasteiger partial charge in [-0.15, -0.1) is 0 Å². The number of benzene rings is 2. The summed E-state index contributed by atoms with van der Waals surface area (Å²) in [6.07, 6.45) is 0.690. The van der Waals surface area contributed by atoms with E-state index >= 15 is 0 Å². The summed E-state index contributed by atoms with van der Waals surface area (Å²) in [5, 5.41) is 12.5. The fraction of sp³-hybridized carbons (Fsp3) is 0.222. The summed E-state index contributed by atoms with van der Waals surface area (Å²) in [6.45, 7) is 0.845. The van der Waals surface area contributed by atoms with E-state index in [1.807, 2.05) is 36.4 Å². The van der Waals surface area contributed by atoms with Crippen LogP contribution in [-0.4, -0.2) is 18.3 Å². The van der Waals surface area contributed by atoms with Crippen LogP contribution in [0.2, 0.25) is 0 Å². The lowest BCUT2D eigenvalue weighted by Gasteiger charge is -2.04. The van der Waals surface area contributed by atoms with Crippen molar-refractivity contribution in [3.05, 3.63) is 71.2 Å². The van der Waals surface area contributed by atoms with Crippen molar-refractivity contribution >= 4 is 11.0 Å². The van der Waals surface area contributed by atoms with Gasteiger partial charge in [-0.1, -0.05) is 30.3 Å². The van der Waals surface area contributed by atoms with Gasteiger partial charge in [0, 0.05) is 30.5 Å². The predicted molar refractivity (Wildman–Crippen MR) is 84.2 cm³/mol. The first-order valence-electron chi connectivity index (χ1n) is 7.32. The summed E-state index contributed by atoms with van der Waals surface area (Å²) in [6, 6.07) is 15.1. The van der Waals surface area contributed by atoms with Gasteiger partial charge in [0.1, 0.15) is 17.2 Å². The Hall–Kier alpha value is -2.17. The Labute approximate surface area is 128 Å². The fourth-order valence-corrected chi connectivity index (χ4v) is 2.48. The van der Waals surface area contributed by atoms with E-state index in [2.05, 4.69) is 5.32 Å². The van der Waals surface area contributed by atoms with Crippen LogP contribution < -0.4 is 5.32 Å². The Morgan fingerprint density at radius 3 is 2.68 bits per heavy atom. The number of fused-ring (bicyclic) bond motifs is 1. The zero-order valence-electron chi connectivity index (χ0n) is 12.2. The molecule has 1 aromatic heterocycles. The zero-order valence-corrected chi connectivity index (χ0v) is 12.2. The molecule has 2 aromatic carbocycles. The molecule has 0 saturated heterocycles. The summed E-state index contributed by atoms with van der Waals surface area (Å²) in [5.74, 6) is 0.561. The minimum Gasteiger partial charge on any atom is -0.461 e. The van der Waals surface area contributed by atoms with Crippen molar-refractivity contribution in [2.24, 2.45) is 0 Å². The largest absolute Gasteiger partial charge is 0.461 e. The standard InChI is InChI=1S/C18H18FNO2/c19-17-10-14-9-16(8-13-4-2-1-3-5-13)22-18(14)11-15(17)12-20-6-7-21/h1-5,9-11,20-21H,6-8,12H2. The van der Waals surface area contributed by atoms with E-state index in [0.717, 1.165) is 16.7 Å². The first kappa shape index (κ1) is 14.8. The molecule has 0 spiro atoms. The minimum atomic E-state index is -0.259. The number of hydrogen-bond acceptors (Lipinski definition) is 3. The number of hydrogen-bond donors (Lipinski definition) is 2. The SMILES string of the molecule is OCCNCc1cc2oc(Cc3ccccc3)cc2cc1F. The summed E-state index contributed by atoms with van der Waals surface area (Å²) < 4.78 is 19.9. The van der Waals surface area contributed by atoms with Gasteiger partial charge in [0.15, 0.2) is 0 Å². The third-order valence-corrected chi connectivity index (χ3v) is 3.56. The summed E-state index contributed by atoms with van der Waals surface area (Å²) >= 11 is 0. The second-order valence-electron chi connectivity index (χ2n) is 5.26. The van der Waals surface area contributed by atoms with E-state index in [0.29, 0.717) is 30.7 Å². The molecule has 4 heteroatoms. The average Bonchev–Trinajstić information content (AvgIpc) is 2.89. The van der Waals surface area contributed by atoms with E-state index in [1.54, 1.807) is 6.07 Å². The lowest BCUT2D eigenvalue weighted by molar-refractivity contribution is 0.291. The molecule has 0 atom stereocenters. The van der Waals surface area contributed by atoms with Gasteiger partial charge in [0.25, 0.3) is 0 Å². The number of nitrogens with one attached hydrogen (secondary N) is 1. The first-order chi connectivity index (χ1) is 10.8. The molecule has 114 valence electrons. The minimum absolute atomic E-state index is 0.0336. The molecule has 0 aliphatic carbocycles. The second kappa shape index (κ2) is 6.73. The smallest absolute Gasteiger partial charge is 0.134 e. The normalized spacial score (nSPS) is 11.2. The lowest BCUT2D eigenvalue weighted by atomic mass is 10.1. The molecule has 0 bridgehead atoms. The molecule has 3 rings (SSSR count). The molecule has 1 heterocycles. The summed E-state index contributed by atoms with van der Waals surface area (Å²) in [4.78, 5) is 0. The quantitative estimate of drug-likeness (QED) is 0.687. The van der Waals surface area contributed by atoms with Gasteiger partial charge >= 0.3 is 0 Å². The Kier molecular flexibility index (Phi) is 4.51. The zero-order chi connectivity index (χ0) is 15.4. The molecule has 0 saturated carbocycles. The highest BCUT2D eigenvalue weighted by atomic mass is 19.1. The van der Waals surface area contributed by atoms with Crippen LogP contribution in [0.3, 0.4) is 0 Å². The maximum Gasteiger partial charge on any atom is 0.134 e. The highest BCUT2D eigenvalue weighted by molar-refractivity contribution is 5.79. The number of aliphatic hydroxyl groups is 1. The van der Waals surface area contributed by atoms with Gasteiger partial charge in [-0.05, 0) is 23.8 Å². The molecule has 0 amide bonds. The average molecular weight is 299 g/mol. The van der Waals surface area contributed by atoms with E-state index in [4.69, 9.17) is 9.52 Å². The van der Waals surface area contributed by atoms with Crippen molar-refractivity contribution in [1.82, 2.24) is 5.32 Å². The third-order valence-electron chi connectivity index (χ3n) is 3.56. The lowest BCUT2D eigenvalue weighted by Crippen LogP contribution is -2.18. The predicted octanol–water partition coefficient (Wildman–Crippen LogP) is 3.24. The molecule has 0 aliphatic rings. The van der Waals surface area contributed by atoms with Crippen LogP contribution >= 0.6 is 0 Å². The summed E-state index contributed by atoms with van der Waals surface area (Å²) in [5.41, 5.74) is 2.39. The van der Waals surface area contributed by atoms with Gasteiger partial charge in [0.05, 0.1) is 6.61 Å². The molecule has 0 radical (unpaired) electrons. The maximum atomic E-state index is 14.0. The third kappa shape index (κ3) is 3.35. The van der Waals surface area contributed by atoms with E-state index in [1.165, 1.54) is 6.07 Å². The highest BCUT2D eigenvalue weighted by Gasteiger charge is 2.10. The fourth-order valence-electron chi connectivity index (χ4n) is 2.48. The Morgan fingerprint density at radius 2 is 1.91 bits per heavy atom. The summed E-state index contributed by atoms with van der Waals surface area (Å²) in [7, 11) is 0. The van der Waals surface area contributed by atoms with Crippen LogP contribution in [0.5, 0.6) is 0 Å². The monoisotopic (exact) mass is 299 g/mol. The van der Waals surface area contributed by atoms with E-state index < -0.39 is 0 Å². The van der Waals surface area contributed by atoms with Crippen LogP contribution in [0.15, 0.2) is 52.9 Å². The van der Waals surface area contributed by atoms with Gasteiger partial charge in [-0.3, -0.25) is 0 Å². The van der Waals surface area contributed by atoms with Gasteiger partial charge in [-0.2, -0.15) is 0 Å². The second-order valence-corrected chi connectivity index (χ2v) is 5.26. The number of furan rings is 1. The number of aliphatic hydroxyl groups excluding tert-OH is 1. The maximum absolute atomic E-state index is 14.0. The molecular formula is C18H18FNO2. The number of rotatable bonds is 6. The Morgan fingerprint density at radius 1 is 1.09 bits per heavy atom. The first-order valence-corrected chi connectivity index (χ1v) is 7.32. The van der Waals surface area contributed by atoms with Crippen LogP contribution in [0.4, 0.5) is 4.39 Å². The highest BCUT2D eigenvalue weighted by Crippen LogP contribution is 2.24. The van der Waals surface area contributed by atoms with Crippen molar-refractivity contribution in [3.8, 4) is 0 Å². The van der Waals surface area contributed by atoms with Gasteiger partial charge in [0.2, 0.25) is 0 Å². The molecule has 0 fully saturated rings. The van der Waals surface area contributed by atoms with Gasteiger partial charge < -0.3 is 14.8 Å². The molecule has 3 nitrogen and oxygen atoms in total. The molecular weight excluding hydrogens is 281 g/mol. The molecule has 2 N–H and O–H groups in total. The van der Waals surface area contributed by atoms with E-state index in [9.17, 15) is 4.39 Å². The van der Waals surface area contributed by atoms with Crippen molar-refractivity contribution in [1.29, 1.82) is 0 Å². The van der Waals surface area contributed by atoms with E-state index in [-0.39, 0.29) is 12.4 Å². The topological polar surface area (TPSA) is 45.4 Å². The Balaban J connectivity index is 1.83. The van der Waals surface area contributed by atoms with Crippen LogP contribution in [0.1, 0.15) is 16.9 Å². The molecule has 0 unspecified atom stereocenters. The van der Waals surface area contributed by atoms with Crippen LogP contribution in [-0.2, 0) is 13.0 Å². The molecule has 3 aromatic rings. The Bertz CT molecular complexity index is 752. The van der Waals surface area contributed by atoms with Gasteiger partial charge in [-0.25, -0.2) is 4.39 Å².